The van der Waals surface area contributed by atoms with Gasteiger partial charge in [-0.05, 0) is 6.92 Å². The molecule has 0 aliphatic carbocycles. The number of hydrogen-bond acceptors (Lipinski definition) is 4. The highest BCUT2D eigenvalue weighted by Crippen LogP contribution is 1.99. The van der Waals surface area contributed by atoms with E-state index in [1.165, 1.54) is 4.31 Å². The van der Waals surface area contributed by atoms with Gasteiger partial charge in [0.2, 0.25) is 0 Å². The van der Waals surface area contributed by atoms with E-state index in [1.807, 2.05) is 6.92 Å². The van der Waals surface area contributed by atoms with Gasteiger partial charge in [0.1, 0.15) is 0 Å². The highest BCUT2D eigenvalue weighted by molar-refractivity contribution is 7.87. The third-order valence-corrected chi connectivity index (χ3v) is 3.91. The van der Waals surface area contributed by atoms with Crippen molar-refractivity contribution in [3.8, 4) is 0 Å². The molecule has 1 aliphatic rings. The Kier molecular flexibility index (Phi) is 6.07. The van der Waals surface area contributed by atoms with Crippen molar-refractivity contribution in [2.24, 2.45) is 0 Å². The topological polar surface area (TPSA) is 70.7 Å². The second kappa shape index (κ2) is 7.07. The number of ether oxygens (including phenoxy) is 1. The molecule has 1 rings (SSSR count). The molecular weight excluding hydrogens is 242 g/mol. The standard InChI is InChI=1S/C10H21N3O3S/c1-10(2)9-16-8-5-12-17(14,15)13-6-3-11-4-7-13/h11-12H,1,3-9H2,2H3. The van der Waals surface area contributed by atoms with Crippen molar-refractivity contribution < 1.29 is 13.2 Å². The summed E-state index contributed by atoms with van der Waals surface area (Å²) in [6.45, 7) is 9.11. The van der Waals surface area contributed by atoms with E-state index in [1.54, 1.807) is 0 Å². The van der Waals surface area contributed by atoms with Gasteiger partial charge in [0.05, 0.1) is 13.2 Å². The number of piperazine rings is 1. The molecular formula is C10H21N3O3S. The zero-order chi connectivity index (χ0) is 12.7. The lowest BCUT2D eigenvalue weighted by Crippen LogP contribution is -2.50. The van der Waals surface area contributed by atoms with E-state index < -0.39 is 10.2 Å². The number of nitrogens with zero attached hydrogens (tertiary/aromatic N) is 1. The first-order valence-corrected chi connectivity index (χ1v) is 7.14. The monoisotopic (exact) mass is 263 g/mol. The first kappa shape index (κ1) is 14.6. The highest BCUT2D eigenvalue weighted by Gasteiger charge is 2.22. The summed E-state index contributed by atoms with van der Waals surface area (Å²) in [5.74, 6) is 0. The van der Waals surface area contributed by atoms with Crippen LogP contribution in [0.2, 0.25) is 0 Å². The molecule has 1 heterocycles. The van der Waals surface area contributed by atoms with Crippen molar-refractivity contribution in [1.29, 1.82) is 0 Å². The second-order valence-corrected chi connectivity index (χ2v) is 5.81. The van der Waals surface area contributed by atoms with Crippen molar-refractivity contribution in [2.75, 3.05) is 45.9 Å². The summed E-state index contributed by atoms with van der Waals surface area (Å²) in [5.41, 5.74) is 0.926. The predicted octanol–water partition coefficient (Wildman–Crippen LogP) is -0.681. The molecule has 0 radical (unpaired) electrons. The normalized spacial score (nSPS) is 18.2. The van der Waals surface area contributed by atoms with E-state index in [2.05, 4.69) is 16.6 Å². The maximum atomic E-state index is 11.8. The third-order valence-electron chi connectivity index (χ3n) is 2.30. The fourth-order valence-electron chi connectivity index (χ4n) is 1.47. The Balaban J connectivity index is 2.22. The van der Waals surface area contributed by atoms with Gasteiger partial charge < -0.3 is 10.1 Å². The summed E-state index contributed by atoms with van der Waals surface area (Å²) in [4.78, 5) is 0. The van der Waals surface area contributed by atoms with Crippen LogP contribution in [-0.2, 0) is 14.9 Å². The van der Waals surface area contributed by atoms with Crippen LogP contribution in [0.25, 0.3) is 0 Å². The number of nitrogens with one attached hydrogen (secondary N) is 2. The molecule has 0 unspecified atom stereocenters. The second-order valence-electron chi connectivity index (χ2n) is 4.06. The summed E-state index contributed by atoms with van der Waals surface area (Å²) >= 11 is 0. The number of hydrogen-bond donors (Lipinski definition) is 2. The van der Waals surface area contributed by atoms with Crippen LogP contribution in [0.15, 0.2) is 12.2 Å². The first-order chi connectivity index (χ1) is 8.02. The molecule has 7 heteroatoms. The molecule has 0 atom stereocenters. The van der Waals surface area contributed by atoms with Gasteiger partial charge in [-0.1, -0.05) is 12.2 Å². The SMILES string of the molecule is C=C(C)COCCNS(=O)(=O)N1CCNCC1. The summed E-state index contributed by atoms with van der Waals surface area (Å²) in [5, 5.41) is 3.11. The molecule has 0 aromatic rings. The molecule has 6 nitrogen and oxygen atoms in total. The minimum Gasteiger partial charge on any atom is -0.376 e. The van der Waals surface area contributed by atoms with Gasteiger partial charge in [-0.2, -0.15) is 17.4 Å². The molecule has 0 saturated carbocycles. The molecule has 0 bridgehead atoms. The summed E-state index contributed by atoms with van der Waals surface area (Å²) in [6.07, 6.45) is 0. The van der Waals surface area contributed by atoms with Gasteiger partial charge in [0.25, 0.3) is 10.2 Å². The van der Waals surface area contributed by atoms with Crippen LogP contribution in [0.4, 0.5) is 0 Å². The van der Waals surface area contributed by atoms with Crippen molar-refractivity contribution >= 4 is 10.2 Å². The van der Waals surface area contributed by atoms with Crippen LogP contribution < -0.4 is 10.0 Å². The average molecular weight is 263 g/mol. The van der Waals surface area contributed by atoms with Gasteiger partial charge in [0, 0.05) is 32.7 Å². The van der Waals surface area contributed by atoms with Gasteiger partial charge in [-0.15, -0.1) is 0 Å². The molecule has 0 aromatic carbocycles. The largest absolute Gasteiger partial charge is 0.376 e. The molecule has 100 valence electrons. The fourth-order valence-corrected chi connectivity index (χ4v) is 2.65. The van der Waals surface area contributed by atoms with Gasteiger partial charge >= 0.3 is 0 Å². The fraction of sp³-hybridized carbons (Fsp3) is 0.800. The summed E-state index contributed by atoms with van der Waals surface area (Å²) in [7, 11) is -3.34. The zero-order valence-corrected chi connectivity index (χ0v) is 11.1. The molecule has 1 fully saturated rings. The summed E-state index contributed by atoms with van der Waals surface area (Å²) < 4.78 is 32.8. The van der Waals surface area contributed by atoms with Crippen molar-refractivity contribution in [2.45, 2.75) is 6.92 Å². The lowest BCUT2D eigenvalue weighted by molar-refractivity contribution is 0.161. The van der Waals surface area contributed by atoms with Crippen LogP contribution >= 0.6 is 0 Å². The molecule has 2 N–H and O–H groups in total. The lowest BCUT2D eigenvalue weighted by Gasteiger charge is -2.26. The van der Waals surface area contributed by atoms with Crippen LogP contribution in [0.5, 0.6) is 0 Å². The summed E-state index contributed by atoms with van der Waals surface area (Å²) in [6, 6.07) is 0. The van der Waals surface area contributed by atoms with Crippen LogP contribution in [0.1, 0.15) is 6.92 Å². The molecule has 0 spiro atoms. The van der Waals surface area contributed by atoms with Crippen LogP contribution in [0.3, 0.4) is 0 Å². The van der Waals surface area contributed by atoms with Crippen molar-refractivity contribution in [3.05, 3.63) is 12.2 Å². The maximum Gasteiger partial charge on any atom is 0.279 e. The number of rotatable bonds is 7. The van der Waals surface area contributed by atoms with Gasteiger partial charge in [-0.3, -0.25) is 0 Å². The van der Waals surface area contributed by atoms with E-state index in [0.29, 0.717) is 45.9 Å². The minimum atomic E-state index is -3.34. The highest BCUT2D eigenvalue weighted by atomic mass is 32.2. The quantitative estimate of drug-likeness (QED) is 0.471. The Morgan fingerprint density at radius 1 is 1.47 bits per heavy atom. The predicted molar refractivity (Wildman–Crippen MR) is 67.0 cm³/mol. The Morgan fingerprint density at radius 3 is 2.71 bits per heavy atom. The Morgan fingerprint density at radius 2 is 2.12 bits per heavy atom. The Hall–Kier alpha value is -0.470. The molecule has 17 heavy (non-hydrogen) atoms. The van der Waals surface area contributed by atoms with Gasteiger partial charge in [0.15, 0.2) is 0 Å². The smallest absolute Gasteiger partial charge is 0.279 e. The third kappa shape index (κ3) is 5.60. The first-order valence-electron chi connectivity index (χ1n) is 5.70. The van der Waals surface area contributed by atoms with E-state index in [4.69, 9.17) is 4.74 Å². The van der Waals surface area contributed by atoms with E-state index in [9.17, 15) is 8.42 Å². The molecule has 0 aromatic heterocycles. The van der Waals surface area contributed by atoms with Crippen molar-refractivity contribution in [3.63, 3.8) is 0 Å². The van der Waals surface area contributed by atoms with Crippen LogP contribution in [-0.4, -0.2) is 58.7 Å². The van der Waals surface area contributed by atoms with E-state index >= 15 is 0 Å². The van der Waals surface area contributed by atoms with E-state index in [0.717, 1.165) is 5.57 Å². The zero-order valence-electron chi connectivity index (χ0n) is 10.2. The van der Waals surface area contributed by atoms with Crippen molar-refractivity contribution in [1.82, 2.24) is 14.3 Å². The Labute approximate surface area is 103 Å². The van der Waals surface area contributed by atoms with E-state index in [-0.39, 0.29) is 0 Å². The Bertz CT molecular complexity index is 337. The molecule has 1 saturated heterocycles. The van der Waals surface area contributed by atoms with Gasteiger partial charge in [-0.25, -0.2) is 0 Å². The lowest BCUT2D eigenvalue weighted by atomic mass is 10.4. The molecule has 1 aliphatic heterocycles. The molecule has 0 amide bonds. The maximum absolute atomic E-state index is 11.8. The van der Waals surface area contributed by atoms with Crippen LogP contribution in [0, 0.1) is 0 Å². The minimum absolute atomic E-state index is 0.291. The average Bonchev–Trinajstić information content (AvgIpc) is 2.29.